The molecule has 1 atom stereocenters. The predicted molar refractivity (Wildman–Crippen MR) is 32.5 cm³/mol. The van der Waals surface area contributed by atoms with Crippen molar-refractivity contribution in [1.29, 1.82) is 0 Å². The van der Waals surface area contributed by atoms with Gasteiger partial charge in [0.25, 0.3) is 0 Å². The molecule has 58 valence electrons. The maximum Gasteiger partial charge on any atom is 0.353 e. The van der Waals surface area contributed by atoms with Crippen LogP contribution in [0.4, 0.5) is 0 Å². The predicted octanol–water partition coefficient (Wildman–Crippen LogP) is -1.26. The number of aliphatic carboxylic acids is 1. The van der Waals surface area contributed by atoms with Gasteiger partial charge >= 0.3 is 5.97 Å². The largest absolute Gasteiger partial charge is 0.478 e. The fraction of sp³-hybridized carbons (Fsp3) is 0.500. The molecule has 0 radical (unpaired) electrons. The molecule has 10 heavy (non-hydrogen) atoms. The van der Waals surface area contributed by atoms with Crippen molar-refractivity contribution in [3.05, 3.63) is 0 Å². The third-order valence-corrected chi connectivity index (χ3v) is 0.896. The molecule has 0 spiro atoms. The summed E-state index contributed by atoms with van der Waals surface area (Å²) in [5, 5.41) is 18.2. The summed E-state index contributed by atoms with van der Waals surface area (Å²) in [6, 6.07) is 0. The van der Waals surface area contributed by atoms with Crippen LogP contribution in [0, 0.1) is 0 Å². The van der Waals surface area contributed by atoms with E-state index in [0.29, 0.717) is 0 Å². The van der Waals surface area contributed by atoms with Gasteiger partial charge in [0.1, 0.15) is 5.88 Å². The molecule has 0 aliphatic rings. The molecule has 3 N–H and O–H groups in total. The number of carbonyl (C=O) groups is 2. The molecule has 5 nitrogen and oxygen atoms in total. The lowest BCUT2D eigenvalue weighted by Crippen LogP contribution is -2.41. The van der Waals surface area contributed by atoms with Gasteiger partial charge in [0, 0.05) is 0 Å². The topological polar surface area (TPSA) is 86.6 Å². The Hall–Kier alpha value is -0.810. The summed E-state index contributed by atoms with van der Waals surface area (Å²) in [6.45, 7) is 0. The zero-order valence-corrected chi connectivity index (χ0v) is 5.63. The quantitative estimate of drug-likeness (QED) is 0.362. The van der Waals surface area contributed by atoms with Crippen molar-refractivity contribution >= 4 is 23.5 Å². The number of carboxylic acid groups (broad SMARTS) is 1. The minimum atomic E-state index is -1.87. The van der Waals surface area contributed by atoms with E-state index in [1.807, 2.05) is 0 Å². The summed E-state index contributed by atoms with van der Waals surface area (Å²) in [6.07, 6.45) is -1.87. The molecule has 0 rings (SSSR count). The van der Waals surface area contributed by atoms with Crippen molar-refractivity contribution in [2.75, 3.05) is 5.88 Å². The highest BCUT2D eigenvalue weighted by atomic mass is 35.5. The average Bonchev–Trinajstić information content (AvgIpc) is 1.87. The molecule has 0 aromatic heterocycles. The molecule has 0 saturated carbocycles. The van der Waals surface area contributed by atoms with Crippen LogP contribution in [0.2, 0.25) is 0 Å². The van der Waals surface area contributed by atoms with Gasteiger partial charge in [0.2, 0.25) is 12.1 Å². The molecule has 0 fully saturated rings. The van der Waals surface area contributed by atoms with Crippen LogP contribution in [-0.4, -0.2) is 34.2 Å². The molecule has 0 bridgehead atoms. The molecule has 0 aliphatic carbocycles. The van der Waals surface area contributed by atoms with E-state index in [2.05, 4.69) is 0 Å². The van der Waals surface area contributed by atoms with Crippen LogP contribution in [-0.2, 0) is 9.59 Å². The summed E-state index contributed by atoms with van der Waals surface area (Å²) in [4.78, 5) is 20.1. The van der Waals surface area contributed by atoms with Crippen LogP contribution in [0.25, 0.3) is 0 Å². The molecule has 1 amide bonds. The number of carbonyl (C=O) groups excluding carboxylic acids is 1. The van der Waals surface area contributed by atoms with Crippen LogP contribution in [0.1, 0.15) is 0 Å². The number of aliphatic hydroxyl groups is 1. The second kappa shape index (κ2) is 4.08. The molecule has 1 unspecified atom stereocenters. The van der Waals surface area contributed by atoms with Gasteiger partial charge in [0.05, 0.1) is 0 Å². The van der Waals surface area contributed by atoms with Crippen molar-refractivity contribution in [2.24, 2.45) is 0 Å². The number of halogens is 1. The lowest BCUT2D eigenvalue weighted by Gasteiger charge is -2.04. The van der Waals surface area contributed by atoms with Crippen LogP contribution in [0.3, 0.4) is 0 Å². The van der Waals surface area contributed by atoms with Gasteiger partial charge < -0.3 is 15.5 Å². The zero-order valence-electron chi connectivity index (χ0n) is 4.87. The number of rotatable bonds is 3. The fourth-order valence-corrected chi connectivity index (χ4v) is 0.330. The van der Waals surface area contributed by atoms with E-state index in [1.165, 1.54) is 0 Å². The average molecular weight is 168 g/mol. The smallest absolute Gasteiger partial charge is 0.353 e. The first kappa shape index (κ1) is 9.19. The van der Waals surface area contributed by atoms with E-state index in [9.17, 15) is 9.59 Å². The van der Waals surface area contributed by atoms with E-state index in [0.717, 1.165) is 0 Å². The monoisotopic (exact) mass is 167 g/mol. The van der Waals surface area contributed by atoms with E-state index in [-0.39, 0.29) is 5.88 Å². The van der Waals surface area contributed by atoms with Crippen molar-refractivity contribution in [3.63, 3.8) is 0 Å². The van der Waals surface area contributed by atoms with Gasteiger partial charge in [-0.3, -0.25) is 4.79 Å². The van der Waals surface area contributed by atoms with E-state index < -0.39 is 18.1 Å². The van der Waals surface area contributed by atoms with Crippen molar-refractivity contribution in [1.82, 2.24) is 5.32 Å². The Labute approximate surface area is 61.6 Å². The normalized spacial score (nSPS) is 12.2. The first-order valence-electron chi connectivity index (χ1n) is 2.34. The van der Waals surface area contributed by atoms with Crippen LogP contribution < -0.4 is 5.32 Å². The van der Waals surface area contributed by atoms with Crippen molar-refractivity contribution in [3.8, 4) is 0 Å². The number of alkyl halides is 1. The summed E-state index contributed by atoms with van der Waals surface area (Å²) >= 11 is 4.98. The van der Waals surface area contributed by atoms with E-state index >= 15 is 0 Å². The second-order valence-corrected chi connectivity index (χ2v) is 1.71. The fourth-order valence-electron chi connectivity index (χ4n) is 0.253. The SMILES string of the molecule is O=C(CCl)NC(O)C(=O)O. The second-order valence-electron chi connectivity index (χ2n) is 1.44. The highest BCUT2D eigenvalue weighted by Gasteiger charge is 2.14. The highest BCUT2D eigenvalue weighted by Crippen LogP contribution is 1.79. The first-order chi connectivity index (χ1) is 4.57. The standard InChI is InChI=1S/C4H6ClNO4/c5-1-2(7)6-3(8)4(9)10/h3,8H,1H2,(H,6,7)(H,9,10). The molecule has 0 aliphatic heterocycles. The maximum atomic E-state index is 10.3. The van der Waals surface area contributed by atoms with Gasteiger partial charge in [-0.2, -0.15) is 0 Å². The van der Waals surface area contributed by atoms with Gasteiger partial charge in [-0.05, 0) is 0 Å². The lowest BCUT2D eigenvalue weighted by atomic mass is 10.5. The third kappa shape index (κ3) is 3.26. The number of nitrogens with one attached hydrogen (secondary N) is 1. The number of hydrogen-bond acceptors (Lipinski definition) is 3. The summed E-state index contributed by atoms with van der Waals surface area (Å²) in [5.41, 5.74) is 0. The number of amides is 1. The summed E-state index contributed by atoms with van der Waals surface area (Å²) in [7, 11) is 0. The third-order valence-electron chi connectivity index (χ3n) is 0.653. The molecule has 0 aromatic carbocycles. The highest BCUT2D eigenvalue weighted by molar-refractivity contribution is 6.27. The minimum Gasteiger partial charge on any atom is -0.478 e. The summed E-state index contributed by atoms with van der Waals surface area (Å²) < 4.78 is 0. The van der Waals surface area contributed by atoms with Gasteiger partial charge in [0.15, 0.2) is 0 Å². The molecule has 6 heteroatoms. The van der Waals surface area contributed by atoms with Gasteiger partial charge in [-0.15, -0.1) is 11.6 Å². The molecule has 0 saturated heterocycles. The summed E-state index contributed by atoms with van der Waals surface area (Å²) in [5.74, 6) is -2.61. The van der Waals surface area contributed by atoms with Crippen molar-refractivity contribution < 1.29 is 19.8 Å². The Morgan fingerprint density at radius 2 is 2.10 bits per heavy atom. The molecular weight excluding hydrogens is 162 g/mol. The number of aliphatic hydroxyl groups excluding tert-OH is 1. The molecule has 0 heterocycles. The number of hydrogen-bond donors (Lipinski definition) is 3. The van der Waals surface area contributed by atoms with Crippen molar-refractivity contribution in [2.45, 2.75) is 6.23 Å². The Bertz CT molecular complexity index is 148. The Kier molecular flexibility index (Phi) is 3.75. The number of carboxylic acids is 1. The molecule has 0 aromatic rings. The Morgan fingerprint density at radius 1 is 1.60 bits per heavy atom. The Balaban J connectivity index is 3.68. The van der Waals surface area contributed by atoms with Gasteiger partial charge in [-0.1, -0.05) is 0 Å². The zero-order chi connectivity index (χ0) is 8.15. The van der Waals surface area contributed by atoms with Crippen LogP contribution in [0.5, 0.6) is 0 Å². The van der Waals surface area contributed by atoms with E-state index in [4.69, 9.17) is 21.8 Å². The Morgan fingerprint density at radius 3 is 2.40 bits per heavy atom. The lowest BCUT2D eigenvalue weighted by molar-refractivity contribution is -0.150. The van der Waals surface area contributed by atoms with E-state index in [1.54, 1.807) is 5.32 Å². The van der Waals surface area contributed by atoms with Crippen LogP contribution in [0.15, 0.2) is 0 Å². The maximum absolute atomic E-state index is 10.3. The van der Waals surface area contributed by atoms with Crippen LogP contribution >= 0.6 is 11.6 Å². The molecular formula is C4H6ClNO4. The minimum absolute atomic E-state index is 0.371. The van der Waals surface area contributed by atoms with Gasteiger partial charge in [-0.25, -0.2) is 4.79 Å². The first-order valence-corrected chi connectivity index (χ1v) is 2.87.